The smallest absolute Gasteiger partial charge is 0.147 e. The first-order valence-corrected chi connectivity index (χ1v) is 7.87. The third-order valence-electron chi connectivity index (χ3n) is 6.48. The van der Waals surface area contributed by atoms with Gasteiger partial charge in [-0.15, -0.1) is 0 Å². The topological polar surface area (TPSA) is 45.8 Å². The van der Waals surface area contributed by atoms with Crippen molar-refractivity contribution in [1.82, 2.24) is 9.97 Å². The summed E-state index contributed by atoms with van der Waals surface area (Å²) >= 11 is 0. The first kappa shape index (κ1) is 13.1. The lowest BCUT2D eigenvalue weighted by Crippen LogP contribution is -2.41. The van der Waals surface area contributed by atoms with Gasteiger partial charge in [0.1, 0.15) is 11.6 Å². The van der Waals surface area contributed by atoms with Crippen molar-refractivity contribution in [2.75, 3.05) is 0 Å². The molecule has 1 aromatic carbocycles. The van der Waals surface area contributed by atoms with Gasteiger partial charge in [-0.3, -0.25) is 4.79 Å². The number of ketones is 1. The molecule has 21 heavy (non-hydrogen) atoms. The van der Waals surface area contributed by atoms with Crippen molar-refractivity contribution >= 4 is 16.8 Å². The molecule has 0 spiro atoms. The zero-order chi connectivity index (χ0) is 15.0. The number of aromatic amines is 1. The monoisotopic (exact) mass is 282 g/mol. The minimum absolute atomic E-state index is 0.0148. The van der Waals surface area contributed by atoms with E-state index in [1.807, 2.05) is 0 Å². The molecule has 0 saturated heterocycles. The Kier molecular flexibility index (Phi) is 2.34. The van der Waals surface area contributed by atoms with Gasteiger partial charge in [0.15, 0.2) is 0 Å². The summed E-state index contributed by atoms with van der Waals surface area (Å²) in [5, 5.41) is 0. The van der Waals surface area contributed by atoms with E-state index in [0.29, 0.717) is 11.7 Å². The summed E-state index contributed by atoms with van der Waals surface area (Å²) in [7, 11) is 0. The molecule has 0 radical (unpaired) electrons. The number of nitrogens with one attached hydrogen (secondary N) is 1. The Morgan fingerprint density at radius 1 is 1.29 bits per heavy atom. The van der Waals surface area contributed by atoms with E-state index in [1.54, 1.807) is 0 Å². The van der Waals surface area contributed by atoms with Gasteiger partial charge in [0, 0.05) is 6.42 Å². The van der Waals surface area contributed by atoms with Crippen molar-refractivity contribution in [3.05, 3.63) is 29.1 Å². The van der Waals surface area contributed by atoms with Crippen LogP contribution in [-0.2, 0) is 10.2 Å². The number of aromatic nitrogens is 2. The molecule has 0 aliphatic heterocycles. The first-order valence-electron chi connectivity index (χ1n) is 7.87. The van der Waals surface area contributed by atoms with Crippen molar-refractivity contribution < 1.29 is 4.79 Å². The second-order valence-electron chi connectivity index (χ2n) is 7.48. The fourth-order valence-electron chi connectivity index (χ4n) is 4.75. The molecule has 3 nitrogen and oxygen atoms in total. The minimum atomic E-state index is -0.392. The Morgan fingerprint density at radius 3 is 2.67 bits per heavy atom. The molecule has 0 amide bonds. The second kappa shape index (κ2) is 3.76. The molecular formula is C18H22N2O. The summed E-state index contributed by atoms with van der Waals surface area (Å²) in [5.74, 6) is 1.81. The number of nitrogens with zero attached hydrogens (tertiary/aromatic N) is 1. The Bertz CT molecular complexity index is 771. The first-order chi connectivity index (χ1) is 9.88. The lowest BCUT2D eigenvalue weighted by molar-refractivity contribution is -0.124. The van der Waals surface area contributed by atoms with Crippen molar-refractivity contribution in [1.29, 1.82) is 0 Å². The fourth-order valence-corrected chi connectivity index (χ4v) is 4.75. The van der Waals surface area contributed by atoms with Crippen LogP contribution in [0.4, 0.5) is 0 Å². The molecule has 2 aliphatic carbocycles. The molecular weight excluding hydrogens is 260 g/mol. The second-order valence-corrected chi connectivity index (χ2v) is 7.48. The summed E-state index contributed by atoms with van der Waals surface area (Å²) in [6.07, 6.45) is 2.82. The lowest BCUT2D eigenvalue weighted by Gasteiger charge is -2.34. The SMILES string of the molecule is Cc1ccc2[nH]c(C34CCC(CC3=O)C4(C)C)nc2c1C. The van der Waals surface area contributed by atoms with Gasteiger partial charge in [-0.05, 0) is 55.2 Å². The largest absolute Gasteiger partial charge is 0.341 e. The van der Waals surface area contributed by atoms with Crippen LogP contribution in [0.3, 0.4) is 0 Å². The average molecular weight is 282 g/mol. The van der Waals surface area contributed by atoms with E-state index in [0.717, 1.165) is 36.1 Å². The molecule has 1 heterocycles. The van der Waals surface area contributed by atoms with Gasteiger partial charge in [0.05, 0.1) is 16.4 Å². The van der Waals surface area contributed by atoms with Gasteiger partial charge >= 0.3 is 0 Å². The van der Waals surface area contributed by atoms with Crippen molar-refractivity contribution in [2.45, 2.75) is 52.4 Å². The van der Waals surface area contributed by atoms with Crippen LogP contribution in [-0.4, -0.2) is 15.8 Å². The summed E-state index contributed by atoms with van der Waals surface area (Å²) < 4.78 is 0. The van der Waals surface area contributed by atoms with Gasteiger partial charge in [-0.1, -0.05) is 19.9 Å². The molecule has 2 atom stereocenters. The highest BCUT2D eigenvalue weighted by Crippen LogP contribution is 2.64. The summed E-state index contributed by atoms with van der Waals surface area (Å²) in [6.45, 7) is 8.72. The van der Waals surface area contributed by atoms with Crippen LogP contribution in [0.15, 0.2) is 12.1 Å². The number of hydrogen-bond acceptors (Lipinski definition) is 2. The number of rotatable bonds is 1. The van der Waals surface area contributed by atoms with Crippen molar-refractivity contribution in [2.24, 2.45) is 11.3 Å². The number of hydrogen-bond donors (Lipinski definition) is 1. The van der Waals surface area contributed by atoms with E-state index < -0.39 is 5.41 Å². The molecule has 2 fully saturated rings. The molecule has 2 bridgehead atoms. The highest BCUT2D eigenvalue weighted by molar-refractivity contribution is 5.95. The van der Waals surface area contributed by atoms with Crippen LogP contribution in [0.2, 0.25) is 0 Å². The van der Waals surface area contributed by atoms with E-state index in [2.05, 4.69) is 44.8 Å². The third-order valence-corrected chi connectivity index (χ3v) is 6.48. The fraction of sp³-hybridized carbons (Fsp3) is 0.556. The molecule has 3 heteroatoms. The summed E-state index contributed by atoms with van der Waals surface area (Å²) in [5.41, 5.74) is 4.17. The van der Waals surface area contributed by atoms with Crippen LogP contribution >= 0.6 is 0 Å². The predicted molar refractivity (Wildman–Crippen MR) is 83.4 cm³/mol. The Morgan fingerprint density at radius 2 is 2.05 bits per heavy atom. The molecule has 2 unspecified atom stereocenters. The Labute approximate surface area is 125 Å². The zero-order valence-corrected chi connectivity index (χ0v) is 13.2. The standard InChI is InChI=1S/C18H22N2O/c1-10-5-6-13-15(11(10)2)20-16(19-13)18-8-7-12(9-14(18)21)17(18,3)4/h5-6,12H,7-9H2,1-4H3,(H,19,20). The molecule has 1 aromatic heterocycles. The van der Waals surface area contributed by atoms with E-state index in [9.17, 15) is 4.79 Å². The van der Waals surface area contributed by atoms with Gasteiger partial charge in [0.2, 0.25) is 0 Å². The quantitative estimate of drug-likeness (QED) is 0.864. The maximum Gasteiger partial charge on any atom is 0.147 e. The number of carbonyl (C=O) groups is 1. The highest BCUT2D eigenvalue weighted by Gasteiger charge is 2.66. The zero-order valence-electron chi connectivity index (χ0n) is 13.2. The van der Waals surface area contributed by atoms with Crippen molar-refractivity contribution in [3.63, 3.8) is 0 Å². The van der Waals surface area contributed by atoms with Gasteiger partial charge < -0.3 is 4.98 Å². The van der Waals surface area contributed by atoms with Crippen LogP contribution in [0.25, 0.3) is 11.0 Å². The predicted octanol–water partition coefficient (Wildman–Crippen LogP) is 3.83. The van der Waals surface area contributed by atoms with E-state index in [1.165, 1.54) is 11.1 Å². The Hall–Kier alpha value is -1.64. The van der Waals surface area contributed by atoms with Gasteiger partial charge in [-0.2, -0.15) is 0 Å². The van der Waals surface area contributed by atoms with Crippen LogP contribution < -0.4 is 0 Å². The minimum Gasteiger partial charge on any atom is -0.341 e. The molecule has 110 valence electrons. The van der Waals surface area contributed by atoms with Gasteiger partial charge in [-0.25, -0.2) is 4.98 Å². The van der Waals surface area contributed by atoms with Crippen LogP contribution in [0, 0.1) is 25.2 Å². The van der Waals surface area contributed by atoms with E-state index in [4.69, 9.17) is 4.98 Å². The van der Waals surface area contributed by atoms with E-state index in [-0.39, 0.29) is 5.41 Å². The normalized spacial score (nSPS) is 30.5. The third kappa shape index (κ3) is 1.35. The molecule has 1 N–H and O–H groups in total. The molecule has 2 saturated carbocycles. The van der Waals surface area contributed by atoms with E-state index >= 15 is 0 Å². The van der Waals surface area contributed by atoms with Crippen LogP contribution in [0.5, 0.6) is 0 Å². The number of H-pyrrole nitrogens is 1. The molecule has 2 aromatic rings. The van der Waals surface area contributed by atoms with Crippen molar-refractivity contribution in [3.8, 4) is 0 Å². The number of fused-ring (bicyclic) bond motifs is 3. The maximum atomic E-state index is 12.7. The number of imidazole rings is 1. The number of carbonyl (C=O) groups excluding carboxylic acids is 1. The number of aryl methyl sites for hydroxylation is 2. The lowest BCUT2D eigenvalue weighted by atomic mass is 9.68. The Balaban J connectivity index is 1.98. The number of benzene rings is 1. The van der Waals surface area contributed by atoms with Gasteiger partial charge in [0.25, 0.3) is 0 Å². The summed E-state index contributed by atoms with van der Waals surface area (Å²) in [6, 6.07) is 4.21. The maximum absolute atomic E-state index is 12.7. The summed E-state index contributed by atoms with van der Waals surface area (Å²) in [4.78, 5) is 21.1. The number of Topliss-reactive ketones (excluding diaryl/α,β-unsaturated/α-hetero) is 1. The average Bonchev–Trinajstić information content (AvgIpc) is 3.02. The van der Waals surface area contributed by atoms with Crippen LogP contribution in [0.1, 0.15) is 50.1 Å². The molecule has 2 aliphatic rings. The highest BCUT2D eigenvalue weighted by atomic mass is 16.1. The molecule has 4 rings (SSSR count).